The Morgan fingerprint density at radius 1 is 1.25 bits per heavy atom. The lowest BCUT2D eigenvalue weighted by Gasteiger charge is -2.20. The number of H-pyrrole nitrogens is 1. The number of aryl methyl sites for hydroxylation is 2. The van der Waals surface area contributed by atoms with Gasteiger partial charge in [0.15, 0.2) is 0 Å². The molecule has 1 saturated carbocycles. The molecule has 8 nitrogen and oxygen atoms in total. The first kappa shape index (κ1) is 17.4. The molecule has 4 heterocycles. The van der Waals surface area contributed by atoms with Crippen LogP contribution in [-0.4, -0.2) is 49.4 Å². The standard InChI is InChI=1S/C19H23N7OS/c1-10-5-16(28-25-10)24-19(27)26-8-12-6-14(7-13(12)9-26)23-18-15-3-4-20-17(15)21-11(2)22-18/h3-5,12-14H,6-9H2,1-2H3,(H,24,27)(H2,20,21,22,23)/t12-,13+,14-. The summed E-state index contributed by atoms with van der Waals surface area (Å²) in [6.45, 7) is 5.47. The molecule has 3 aromatic rings. The van der Waals surface area contributed by atoms with Gasteiger partial charge in [0.05, 0.1) is 11.1 Å². The number of nitrogens with one attached hydrogen (secondary N) is 3. The highest BCUT2D eigenvalue weighted by molar-refractivity contribution is 7.10. The number of anilines is 2. The smallest absolute Gasteiger partial charge is 0.322 e. The summed E-state index contributed by atoms with van der Waals surface area (Å²) in [5.74, 6) is 2.74. The van der Waals surface area contributed by atoms with E-state index in [2.05, 4.69) is 30.0 Å². The van der Waals surface area contributed by atoms with E-state index in [4.69, 9.17) is 0 Å². The number of hydrogen-bond acceptors (Lipinski definition) is 6. The van der Waals surface area contributed by atoms with Crippen LogP contribution in [0.1, 0.15) is 24.4 Å². The van der Waals surface area contributed by atoms with Crippen LogP contribution in [0, 0.1) is 25.7 Å². The van der Waals surface area contributed by atoms with Gasteiger partial charge in [0.1, 0.15) is 22.3 Å². The van der Waals surface area contributed by atoms with Crippen LogP contribution in [0.4, 0.5) is 15.6 Å². The maximum Gasteiger partial charge on any atom is 0.322 e. The summed E-state index contributed by atoms with van der Waals surface area (Å²) < 4.78 is 4.21. The summed E-state index contributed by atoms with van der Waals surface area (Å²) in [6, 6.07) is 4.30. The fourth-order valence-electron chi connectivity index (χ4n) is 4.55. The van der Waals surface area contributed by atoms with Crippen LogP contribution in [0.25, 0.3) is 11.0 Å². The van der Waals surface area contributed by atoms with Crippen molar-refractivity contribution in [2.75, 3.05) is 23.7 Å². The van der Waals surface area contributed by atoms with Gasteiger partial charge >= 0.3 is 6.03 Å². The highest BCUT2D eigenvalue weighted by Crippen LogP contribution is 2.40. The quantitative estimate of drug-likeness (QED) is 0.629. The summed E-state index contributed by atoms with van der Waals surface area (Å²) in [4.78, 5) is 26.7. The molecule has 1 aliphatic heterocycles. The highest BCUT2D eigenvalue weighted by atomic mass is 32.1. The number of likely N-dealkylation sites (tertiary alicyclic amines) is 1. The molecule has 2 fully saturated rings. The second-order valence-electron chi connectivity index (χ2n) is 7.86. The van der Waals surface area contributed by atoms with Crippen molar-refractivity contribution < 1.29 is 4.79 Å². The number of carbonyl (C=O) groups excluding carboxylic acids is 1. The number of amides is 2. The molecule has 3 atom stereocenters. The molecular weight excluding hydrogens is 374 g/mol. The van der Waals surface area contributed by atoms with E-state index in [9.17, 15) is 4.79 Å². The molecule has 9 heteroatoms. The average molecular weight is 398 g/mol. The summed E-state index contributed by atoms with van der Waals surface area (Å²) in [7, 11) is 0. The van der Waals surface area contributed by atoms with Gasteiger partial charge in [-0.3, -0.25) is 5.32 Å². The van der Waals surface area contributed by atoms with Crippen molar-refractivity contribution in [1.29, 1.82) is 0 Å². The van der Waals surface area contributed by atoms with E-state index < -0.39 is 0 Å². The maximum absolute atomic E-state index is 12.5. The fraction of sp³-hybridized carbons (Fsp3) is 0.474. The lowest BCUT2D eigenvalue weighted by molar-refractivity contribution is 0.218. The molecule has 28 heavy (non-hydrogen) atoms. The van der Waals surface area contributed by atoms with E-state index in [0.717, 1.165) is 59.3 Å². The minimum absolute atomic E-state index is 0.0111. The maximum atomic E-state index is 12.5. The lowest BCUT2D eigenvalue weighted by Crippen LogP contribution is -2.34. The first-order valence-corrected chi connectivity index (χ1v) is 10.4. The van der Waals surface area contributed by atoms with Gasteiger partial charge in [-0.2, -0.15) is 4.37 Å². The number of hydrogen-bond donors (Lipinski definition) is 3. The van der Waals surface area contributed by atoms with Crippen LogP contribution in [0.15, 0.2) is 18.3 Å². The minimum atomic E-state index is -0.0111. The van der Waals surface area contributed by atoms with Crippen molar-refractivity contribution in [3.05, 3.63) is 29.8 Å². The molecule has 3 N–H and O–H groups in total. The zero-order valence-electron chi connectivity index (χ0n) is 15.9. The number of rotatable bonds is 3. The number of urea groups is 1. The molecule has 1 saturated heterocycles. The largest absolute Gasteiger partial charge is 0.367 e. The Morgan fingerprint density at radius 3 is 2.75 bits per heavy atom. The molecule has 146 valence electrons. The van der Waals surface area contributed by atoms with Crippen LogP contribution in [0.5, 0.6) is 0 Å². The second-order valence-corrected chi connectivity index (χ2v) is 8.66. The molecule has 0 unspecified atom stereocenters. The first-order valence-electron chi connectivity index (χ1n) is 9.62. The minimum Gasteiger partial charge on any atom is -0.367 e. The average Bonchev–Trinajstić information content (AvgIpc) is 3.38. The number of aromatic nitrogens is 4. The van der Waals surface area contributed by atoms with Crippen molar-refractivity contribution in [2.24, 2.45) is 11.8 Å². The number of carbonyl (C=O) groups is 1. The second kappa shape index (κ2) is 6.73. The Hall–Kier alpha value is -2.68. The SMILES string of the molecule is Cc1cc(NC(=O)N2C[C@H]3C[C@@H](Nc4nc(C)nc5[nH]ccc45)C[C@H]3C2)sn1. The third-order valence-corrected chi connectivity index (χ3v) is 6.56. The van der Waals surface area contributed by atoms with Crippen molar-refractivity contribution in [2.45, 2.75) is 32.7 Å². The van der Waals surface area contributed by atoms with E-state index in [1.54, 1.807) is 0 Å². The lowest BCUT2D eigenvalue weighted by atomic mass is 10.0. The van der Waals surface area contributed by atoms with Crippen LogP contribution in [0.3, 0.4) is 0 Å². The number of fused-ring (bicyclic) bond motifs is 2. The summed E-state index contributed by atoms with van der Waals surface area (Å²) in [5.41, 5.74) is 1.80. The summed E-state index contributed by atoms with van der Waals surface area (Å²) in [5, 5.41) is 8.45. The molecule has 5 rings (SSSR count). The van der Waals surface area contributed by atoms with Gasteiger partial charge in [-0.1, -0.05) is 0 Å². The fourth-order valence-corrected chi connectivity index (χ4v) is 5.20. The molecule has 0 spiro atoms. The monoisotopic (exact) mass is 397 g/mol. The van der Waals surface area contributed by atoms with Gasteiger partial charge < -0.3 is 15.2 Å². The van der Waals surface area contributed by atoms with E-state index in [0.29, 0.717) is 17.9 Å². The van der Waals surface area contributed by atoms with Gasteiger partial charge in [-0.05, 0) is 62.2 Å². The number of aromatic amines is 1. The van der Waals surface area contributed by atoms with Gasteiger partial charge in [-0.15, -0.1) is 0 Å². The Labute approximate surface area is 166 Å². The van der Waals surface area contributed by atoms with E-state index >= 15 is 0 Å². The van der Waals surface area contributed by atoms with Crippen LogP contribution in [0.2, 0.25) is 0 Å². The topological polar surface area (TPSA) is 98.8 Å². The summed E-state index contributed by atoms with van der Waals surface area (Å²) in [6.07, 6.45) is 4.01. The van der Waals surface area contributed by atoms with Crippen molar-refractivity contribution >= 4 is 39.4 Å². The molecule has 1 aliphatic carbocycles. The summed E-state index contributed by atoms with van der Waals surface area (Å²) >= 11 is 1.33. The Morgan fingerprint density at radius 2 is 2.04 bits per heavy atom. The van der Waals surface area contributed by atoms with E-state index in [1.165, 1.54) is 11.5 Å². The predicted octanol–water partition coefficient (Wildman–Crippen LogP) is 3.39. The predicted molar refractivity (Wildman–Crippen MR) is 110 cm³/mol. The molecule has 2 amide bonds. The van der Waals surface area contributed by atoms with Crippen molar-refractivity contribution in [3.63, 3.8) is 0 Å². The molecule has 0 bridgehead atoms. The Kier molecular flexibility index (Phi) is 4.19. The van der Waals surface area contributed by atoms with Gasteiger partial charge in [0.2, 0.25) is 0 Å². The van der Waals surface area contributed by atoms with Crippen molar-refractivity contribution in [3.8, 4) is 0 Å². The Balaban J connectivity index is 1.21. The zero-order valence-corrected chi connectivity index (χ0v) is 16.7. The molecule has 0 aromatic carbocycles. The van der Waals surface area contributed by atoms with Crippen molar-refractivity contribution in [1.82, 2.24) is 24.2 Å². The van der Waals surface area contributed by atoms with E-state index in [1.807, 2.05) is 37.1 Å². The van der Waals surface area contributed by atoms with Gasteiger partial charge in [0, 0.05) is 25.3 Å². The third-order valence-electron chi connectivity index (χ3n) is 5.76. The van der Waals surface area contributed by atoms with Gasteiger partial charge in [-0.25, -0.2) is 14.8 Å². The molecule has 2 aliphatic rings. The Bertz CT molecular complexity index is 1010. The molecular formula is C19H23N7OS. The van der Waals surface area contributed by atoms with Crippen LogP contribution >= 0.6 is 11.5 Å². The highest BCUT2D eigenvalue weighted by Gasteiger charge is 2.42. The zero-order chi connectivity index (χ0) is 19.3. The van der Waals surface area contributed by atoms with Crippen LogP contribution < -0.4 is 10.6 Å². The third kappa shape index (κ3) is 3.19. The number of nitrogens with zero attached hydrogens (tertiary/aromatic N) is 4. The van der Waals surface area contributed by atoms with Crippen LogP contribution in [-0.2, 0) is 0 Å². The molecule has 3 aromatic heterocycles. The first-order chi connectivity index (χ1) is 13.5. The molecule has 0 radical (unpaired) electrons. The normalized spacial score (nSPS) is 23.9. The van der Waals surface area contributed by atoms with Gasteiger partial charge in [0.25, 0.3) is 0 Å². The van der Waals surface area contributed by atoms with E-state index in [-0.39, 0.29) is 6.03 Å².